The van der Waals surface area contributed by atoms with Crippen molar-refractivity contribution in [2.45, 2.75) is 38.5 Å². The number of aromatic nitrogens is 4. The summed E-state index contributed by atoms with van der Waals surface area (Å²) in [4.78, 5) is 21.4. The van der Waals surface area contributed by atoms with Crippen LogP contribution in [0.4, 0.5) is 0 Å². The highest BCUT2D eigenvalue weighted by Crippen LogP contribution is 2.45. The van der Waals surface area contributed by atoms with E-state index in [4.69, 9.17) is 34.4 Å². The SMILES string of the molecule is NC(=NC(=N[B]C1=CCCC=C1)n1c2ccccc2c2cc(-c3ccc4c(c3)c3nc(-c5cccc6c5oc5ccccc56)nc(-c5cccc6c7c(oc56)CCCC7)c3n4-c3ccccc3)ccc21)c1ccccc1. The summed E-state index contributed by atoms with van der Waals surface area (Å²) in [5.74, 6) is 2.52. The van der Waals surface area contributed by atoms with Crippen LogP contribution in [0.5, 0.6) is 0 Å². The molecule has 0 saturated heterocycles. The minimum Gasteiger partial charge on any atom is -0.460 e. The van der Waals surface area contributed by atoms with Gasteiger partial charge in [-0.05, 0) is 104 Å². The summed E-state index contributed by atoms with van der Waals surface area (Å²) in [5, 5.41) is 6.37. The number of furan rings is 2. The average Bonchev–Trinajstić information content (AvgIpc) is 4.25. The van der Waals surface area contributed by atoms with Crippen LogP contribution < -0.4 is 5.73 Å². The van der Waals surface area contributed by atoms with E-state index >= 15 is 0 Å². The molecule has 0 saturated carbocycles. The summed E-state index contributed by atoms with van der Waals surface area (Å²) < 4.78 is 18.1. The number of nitrogens with zero attached hydrogens (tertiary/aromatic N) is 6. The molecule has 0 atom stereocenters. The third-order valence-electron chi connectivity index (χ3n) is 15.3. The van der Waals surface area contributed by atoms with Gasteiger partial charge in [0.05, 0.1) is 27.6 Å². The molecule has 361 valence electrons. The first-order valence-electron chi connectivity index (χ1n) is 26.2. The maximum Gasteiger partial charge on any atom is 0.316 e. The van der Waals surface area contributed by atoms with Gasteiger partial charge in [-0.2, -0.15) is 4.99 Å². The first-order chi connectivity index (χ1) is 37.6. The van der Waals surface area contributed by atoms with Gasteiger partial charge in [-0.15, -0.1) is 0 Å². The highest BCUT2D eigenvalue weighted by molar-refractivity contribution is 6.47. The van der Waals surface area contributed by atoms with Crippen LogP contribution in [0.1, 0.15) is 42.6 Å². The molecule has 8 aromatic carbocycles. The first-order valence-corrected chi connectivity index (χ1v) is 26.2. The van der Waals surface area contributed by atoms with Gasteiger partial charge in [-0.3, -0.25) is 4.57 Å². The summed E-state index contributed by atoms with van der Waals surface area (Å²) >= 11 is 0. The van der Waals surface area contributed by atoms with E-state index in [9.17, 15) is 0 Å². The number of hydrogen-bond donors (Lipinski definition) is 1. The van der Waals surface area contributed by atoms with E-state index in [1.54, 1.807) is 0 Å². The molecule has 5 aromatic heterocycles. The maximum atomic E-state index is 6.92. The van der Waals surface area contributed by atoms with Gasteiger partial charge in [0.1, 0.15) is 39.6 Å². The fraction of sp³-hybridized carbons (Fsp3) is 0.0909. The predicted molar refractivity (Wildman–Crippen MR) is 312 cm³/mol. The average molecular weight is 981 g/mol. The van der Waals surface area contributed by atoms with Crippen molar-refractivity contribution in [2.24, 2.45) is 15.6 Å². The number of amidine groups is 1. The molecule has 5 heterocycles. The molecule has 2 N–H and O–H groups in total. The van der Waals surface area contributed by atoms with E-state index in [2.05, 4.69) is 167 Å². The van der Waals surface area contributed by atoms with Gasteiger partial charge in [-0.25, -0.2) is 9.97 Å². The van der Waals surface area contributed by atoms with Crippen molar-refractivity contribution in [3.8, 4) is 39.5 Å². The fourth-order valence-electron chi connectivity index (χ4n) is 11.8. The summed E-state index contributed by atoms with van der Waals surface area (Å²) in [5.41, 5.74) is 22.7. The minimum absolute atomic E-state index is 0.385. The lowest BCUT2D eigenvalue weighted by atomic mass is 9.80. The number of nitrogens with two attached hydrogens (primary N) is 1. The van der Waals surface area contributed by atoms with Gasteiger partial charge in [0, 0.05) is 61.1 Å². The Morgan fingerprint density at radius 2 is 1.28 bits per heavy atom. The van der Waals surface area contributed by atoms with E-state index < -0.39 is 0 Å². The first kappa shape index (κ1) is 44.0. The Labute approximate surface area is 437 Å². The largest absolute Gasteiger partial charge is 0.460 e. The van der Waals surface area contributed by atoms with E-state index in [1.807, 2.05) is 49.9 Å². The molecule has 10 heteroatoms. The molecule has 13 aromatic rings. The van der Waals surface area contributed by atoms with E-state index in [-0.39, 0.29) is 0 Å². The number of rotatable bonds is 7. The van der Waals surface area contributed by atoms with Crippen molar-refractivity contribution < 1.29 is 8.83 Å². The zero-order valence-corrected chi connectivity index (χ0v) is 41.4. The van der Waals surface area contributed by atoms with Crippen LogP contribution in [0.15, 0.2) is 224 Å². The zero-order chi connectivity index (χ0) is 50.3. The molecule has 0 unspecified atom stereocenters. The molecular weight excluding hydrogens is 934 g/mol. The zero-order valence-electron chi connectivity index (χ0n) is 41.4. The standard InChI is InChI=1S/C66H47BN7O2/c68-64(40-18-4-1-5-19-40)71-66(72-67-43-20-6-2-7-21-43)74-54-31-13-10-24-45(54)52-38-41(34-36-55(52)74)42-35-37-56-53(39-42)60-61(73(56)44-22-8-3-9-23-44)59(50-29-16-27-48-46-25-11-14-32-57(46)75-62(48)50)69-65(70-60)51-30-17-28-49-47-26-12-15-33-58(47)76-63(49)51/h1,3-6,8-10,12-13,15-24,26-31,33-39H,2,7,11,14,25,32H2,(H2,68,71,72). The third-order valence-corrected chi connectivity index (χ3v) is 15.3. The number of hydrogen-bond acceptors (Lipinski definition) is 5. The van der Waals surface area contributed by atoms with Crippen LogP contribution in [-0.2, 0) is 12.8 Å². The van der Waals surface area contributed by atoms with E-state index in [0.29, 0.717) is 17.6 Å². The second kappa shape index (κ2) is 17.8. The van der Waals surface area contributed by atoms with Crippen LogP contribution in [0.3, 0.4) is 0 Å². The molecule has 0 bridgehead atoms. The quantitative estimate of drug-likeness (QED) is 0.0971. The molecular formula is C66H47BN7O2. The summed E-state index contributed by atoms with van der Waals surface area (Å²) in [6.45, 7) is 0. The van der Waals surface area contributed by atoms with E-state index in [1.165, 1.54) is 5.56 Å². The predicted octanol–water partition coefficient (Wildman–Crippen LogP) is 15.7. The Morgan fingerprint density at radius 1 is 0.579 bits per heavy atom. The van der Waals surface area contributed by atoms with Crippen molar-refractivity contribution in [3.05, 3.63) is 223 Å². The molecule has 2 aliphatic carbocycles. The van der Waals surface area contributed by atoms with Crippen LogP contribution in [0.25, 0.3) is 116 Å². The minimum atomic E-state index is 0.385. The van der Waals surface area contributed by atoms with Gasteiger partial charge in [-0.1, -0.05) is 145 Å². The second-order valence-electron chi connectivity index (χ2n) is 19.9. The summed E-state index contributed by atoms with van der Waals surface area (Å²) in [7, 11) is 1.89. The highest BCUT2D eigenvalue weighted by Gasteiger charge is 2.27. The topological polar surface area (TPSA) is 113 Å². The van der Waals surface area contributed by atoms with Crippen LogP contribution in [-0.4, -0.2) is 38.3 Å². The number of para-hydroxylation sites is 5. The summed E-state index contributed by atoms with van der Waals surface area (Å²) in [6.07, 6.45) is 12.7. The van der Waals surface area contributed by atoms with Crippen LogP contribution in [0.2, 0.25) is 0 Å². The maximum absolute atomic E-state index is 6.92. The van der Waals surface area contributed by atoms with Crippen LogP contribution in [0, 0.1) is 0 Å². The Morgan fingerprint density at radius 3 is 2.12 bits per heavy atom. The molecule has 9 nitrogen and oxygen atoms in total. The van der Waals surface area contributed by atoms with Gasteiger partial charge >= 0.3 is 7.41 Å². The third kappa shape index (κ3) is 7.16. The molecule has 15 rings (SSSR count). The Kier molecular flexibility index (Phi) is 10.3. The second-order valence-corrected chi connectivity index (χ2v) is 19.9. The molecule has 0 amide bonds. The number of aliphatic imine (C=N–C) groups is 1. The Hall–Kier alpha value is -9.54. The smallest absolute Gasteiger partial charge is 0.316 e. The number of fused-ring (bicyclic) bond motifs is 12. The Balaban J connectivity index is 0.969. The van der Waals surface area contributed by atoms with Gasteiger partial charge in [0.15, 0.2) is 5.82 Å². The lowest BCUT2D eigenvalue weighted by molar-refractivity contribution is 0.506. The highest BCUT2D eigenvalue weighted by atomic mass is 16.3. The lowest BCUT2D eigenvalue weighted by Crippen LogP contribution is -2.20. The summed E-state index contributed by atoms with van der Waals surface area (Å²) in [6, 6.07) is 63.3. The van der Waals surface area contributed by atoms with Crippen molar-refractivity contribution in [1.82, 2.24) is 19.1 Å². The molecule has 1 radical (unpaired) electrons. The molecule has 0 fully saturated rings. The van der Waals surface area contributed by atoms with Crippen molar-refractivity contribution in [3.63, 3.8) is 0 Å². The van der Waals surface area contributed by atoms with Gasteiger partial charge in [0.2, 0.25) is 5.96 Å². The lowest BCUT2D eigenvalue weighted by Gasteiger charge is -2.13. The van der Waals surface area contributed by atoms with Gasteiger partial charge < -0.3 is 24.0 Å². The number of allylic oxidation sites excluding steroid dienone is 4. The van der Waals surface area contributed by atoms with E-state index in [0.717, 1.165) is 166 Å². The van der Waals surface area contributed by atoms with Crippen molar-refractivity contribution in [2.75, 3.05) is 0 Å². The number of benzene rings is 8. The van der Waals surface area contributed by atoms with Crippen molar-refractivity contribution >= 4 is 95.9 Å². The Bertz CT molecular complexity index is 4630. The molecule has 0 aliphatic heterocycles. The molecule has 2 aliphatic rings. The van der Waals surface area contributed by atoms with Crippen LogP contribution >= 0.6 is 0 Å². The monoisotopic (exact) mass is 980 g/mol. The molecule has 76 heavy (non-hydrogen) atoms. The number of aryl methyl sites for hydroxylation is 2. The molecule has 0 spiro atoms. The van der Waals surface area contributed by atoms with Gasteiger partial charge in [0.25, 0.3) is 0 Å². The van der Waals surface area contributed by atoms with Crippen molar-refractivity contribution in [1.29, 1.82) is 0 Å². The fourth-order valence-corrected chi connectivity index (χ4v) is 11.8. The normalized spacial score (nSPS) is 14.2.